The summed E-state index contributed by atoms with van der Waals surface area (Å²) in [5.74, 6) is -1.05. The molecule has 17 heavy (non-hydrogen) atoms. The van der Waals surface area contributed by atoms with Crippen molar-refractivity contribution in [1.29, 1.82) is 0 Å². The van der Waals surface area contributed by atoms with Crippen LogP contribution in [0.25, 0.3) is 0 Å². The van der Waals surface area contributed by atoms with Gasteiger partial charge in [0.25, 0.3) is 0 Å². The van der Waals surface area contributed by atoms with Crippen LogP contribution < -0.4 is 5.43 Å². The Bertz CT molecular complexity index is 443. The Morgan fingerprint density at radius 1 is 1.47 bits per heavy atom. The molecule has 0 aliphatic rings. The molecule has 0 saturated carbocycles. The van der Waals surface area contributed by atoms with Gasteiger partial charge < -0.3 is 9.84 Å². The molecule has 1 rings (SSSR count). The van der Waals surface area contributed by atoms with Crippen molar-refractivity contribution in [3.63, 3.8) is 0 Å². The van der Waals surface area contributed by atoms with Gasteiger partial charge in [0, 0.05) is 5.56 Å². The van der Waals surface area contributed by atoms with Crippen molar-refractivity contribution in [2.45, 2.75) is 6.92 Å². The van der Waals surface area contributed by atoms with Gasteiger partial charge in [0.05, 0.1) is 18.4 Å². The summed E-state index contributed by atoms with van der Waals surface area (Å²) in [5.41, 5.74) is 2.63. The smallest absolute Gasteiger partial charge is 0.427 e. The van der Waals surface area contributed by atoms with Crippen molar-refractivity contribution in [3.8, 4) is 0 Å². The van der Waals surface area contributed by atoms with E-state index in [0.29, 0.717) is 5.56 Å². The second kappa shape index (κ2) is 6.26. The van der Waals surface area contributed by atoms with Gasteiger partial charge in [-0.1, -0.05) is 18.2 Å². The predicted octanol–water partition coefficient (Wildman–Crippen LogP) is 1.46. The summed E-state index contributed by atoms with van der Waals surface area (Å²) in [6, 6.07) is 6.32. The number of hydrazone groups is 1. The molecular formula is C11H12N2O4. The number of aromatic carboxylic acids is 1. The maximum Gasteiger partial charge on any atom is 0.427 e. The van der Waals surface area contributed by atoms with Gasteiger partial charge in [0.2, 0.25) is 0 Å². The Morgan fingerprint density at radius 3 is 2.82 bits per heavy atom. The highest BCUT2D eigenvalue weighted by atomic mass is 16.5. The van der Waals surface area contributed by atoms with Gasteiger partial charge in [-0.3, -0.25) is 0 Å². The van der Waals surface area contributed by atoms with Crippen LogP contribution in [0, 0.1) is 0 Å². The Hall–Kier alpha value is -2.37. The van der Waals surface area contributed by atoms with Crippen LogP contribution in [0.4, 0.5) is 4.79 Å². The van der Waals surface area contributed by atoms with Gasteiger partial charge in [0.1, 0.15) is 0 Å². The molecule has 90 valence electrons. The SMILES string of the molecule is CCOC(=O)N/N=C/c1ccccc1C(=O)O. The van der Waals surface area contributed by atoms with Gasteiger partial charge in [-0.05, 0) is 13.0 Å². The third-order valence-electron chi connectivity index (χ3n) is 1.83. The minimum Gasteiger partial charge on any atom is -0.478 e. The Balaban J connectivity index is 2.71. The van der Waals surface area contributed by atoms with E-state index in [0.717, 1.165) is 0 Å². The van der Waals surface area contributed by atoms with Crippen LogP contribution in [0.1, 0.15) is 22.8 Å². The predicted molar refractivity (Wildman–Crippen MR) is 61.2 cm³/mol. The molecule has 0 unspecified atom stereocenters. The third kappa shape index (κ3) is 3.94. The molecule has 0 aliphatic heterocycles. The number of amides is 1. The number of nitrogens with one attached hydrogen (secondary N) is 1. The topological polar surface area (TPSA) is 88.0 Å². The molecule has 2 N–H and O–H groups in total. The zero-order valence-corrected chi connectivity index (χ0v) is 9.21. The number of nitrogens with zero attached hydrogens (tertiary/aromatic N) is 1. The number of carboxylic acids is 1. The number of hydrogen-bond donors (Lipinski definition) is 2. The fraction of sp³-hybridized carbons (Fsp3) is 0.182. The van der Waals surface area contributed by atoms with E-state index in [1.807, 2.05) is 0 Å². The maximum atomic E-state index is 10.9. The molecule has 6 heteroatoms. The van der Waals surface area contributed by atoms with Crippen LogP contribution in [-0.4, -0.2) is 30.0 Å². The number of rotatable bonds is 4. The van der Waals surface area contributed by atoms with E-state index in [4.69, 9.17) is 5.11 Å². The van der Waals surface area contributed by atoms with Crippen LogP contribution >= 0.6 is 0 Å². The average Bonchev–Trinajstić information content (AvgIpc) is 2.30. The minimum absolute atomic E-state index is 0.113. The normalized spacial score (nSPS) is 10.2. The van der Waals surface area contributed by atoms with Crippen LogP contribution in [0.15, 0.2) is 29.4 Å². The number of ether oxygens (including phenoxy) is 1. The van der Waals surface area contributed by atoms with E-state index < -0.39 is 12.1 Å². The highest BCUT2D eigenvalue weighted by molar-refractivity contribution is 5.98. The molecule has 0 saturated heterocycles. The van der Waals surface area contributed by atoms with Crippen LogP contribution in [0.5, 0.6) is 0 Å². The van der Waals surface area contributed by atoms with Gasteiger partial charge in [-0.2, -0.15) is 5.10 Å². The standard InChI is InChI=1S/C11H12N2O4/c1-2-17-11(16)13-12-7-8-5-3-4-6-9(8)10(14)15/h3-7H,2H2,1H3,(H,13,16)(H,14,15)/b12-7+. The van der Waals surface area contributed by atoms with E-state index >= 15 is 0 Å². The second-order valence-corrected chi connectivity index (χ2v) is 2.98. The van der Waals surface area contributed by atoms with Crippen molar-refractivity contribution < 1.29 is 19.4 Å². The lowest BCUT2D eigenvalue weighted by atomic mass is 10.1. The van der Waals surface area contributed by atoms with Crippen LogP contribution in [0.2, 0.25) is 0 Å². The molecule has 0 atom stereocenters. The van der Waals surface area contributed by atoms with Crippen molar-refractivity contribution in [2.24, 2.45) is 5.10 Å². The minimum atomic E-state index is -1.05. The first-order chi connectivity index (χ1) is 8.15. The Morgan fingerprint density at radius 2 is 2.18 bits per heavy atom. The molecule has 0 radical (unpaired) electrons. The van der Waals surface area contributed by atoms with E-state index in [-0.39, 0.29) is 12.2 Å². The molecule has 1 aromatic rings. The molecule has 6 nitrogen and oxygen atoms in total. The van der Waals surface area contributed by atoms with Crippen LogP contribution in [0.3, 0.4) is 0 Å². The molecule has 0 heterocycles. The first kappa shape index (κ1) is 12.7. The summed E-state index contributed by atoms with van der Waals surface area (Å²) in [6.07, 6.45) is 0.567. The lowest BCUT2D eigenvalue weighted by Gasteiger charge is -2.00. The van der Waals surface area contributed by atoms with Gasteiger partial charge in [-0.15, -0.1) is 0 Å². The zero-order chi connectivity index (χ0) is 12.7. The Labute approximate surface area is 97.9 Å². The highest BCUT2D eigenvalue weighted by Gasteiger charge is 2.06. The fourth-order valence-electron chi connectivity index (χ4n) is 1.12. The summed E-state index contributed by atoms with van der Waals surface area (Å²) < 4.78 is 4.58. The van der Waals surface area contributed by atoms with Gasteiger partial charge in [0.15, 0.2) is 0 Å². The summed E-state index contributed by atoms with van der Waals surface area (Å²) >= 11 is 0. The maximum absolute atomic E-state index is 10.9. The highest BCUT2D eigenvalue weighted by Crippen LogP contribution is 2.05. The molecule has 0 aromatic heterocycles. The van der Waals surface area contributed by atoms with Crippen LogP contribution in [-0.2, 0) is 4.74 Å². The molecule has 1 amide bonds. The quantitative estimate of drug-likeness (QED) is 0.612. The monoisotopic (exact) mass is 236 g/mol. The number of hydrogen-bond acceptors (Lipinski definition) is 4. The van der Waals surface area contributed by atoms with E-state index in [1.54, 1.807) is 25.1 Å². The van der Waals surface area contributed by atoms with E-state index in [9.17, 15) is 9.59 Å². The number of carbonyl (C=O) groups excluding carboxylic acids is 1. The second-order valence-electron chi connectivity index (χ2n) is 2.98. The summed E-state index contributed by atoms with van der Waals surface area (Å²) in [6.45, 7) is 1.91. The first-order valence-corrected chi connectivity index (χ1v) is 4.93. The molecule has 1 aromatic carbocycles. The largest absolute Gasteiger partial charge is 0.478 e. The van der Waals surface area contributed by atoms with Crippen molar-refractivity contribution in [2.75, 3.05) is 6.61 Å². The number of carbonyl (C=O) groups is 2. The van der Waals surface area contributed by atoms with E-state index in [1.165, 1.54) is 12.3 Å². The first-order valence-electron chi connectivity index (χ1n) is 4.93. The summed E-state index contributed by atoms with van der Waals surface area (Å²) in [4.78, 5) is 21.7. The molecule has 0 aliphatic carbocycles. The number of carboxylic acid groups (broad SMARTS) is 1. The fourth-order valence-corrected chi connectivity index (χ4v) is 1.12. The molecule has 0 bridgehead atoms. The Kier molecular flexibility index (Phi) is 4.68. The number of benzene rings is 1. The van der Waals surface area contributed by atoms with Crippen molar-refractivity contribution in [1.82, 2.24) is 5.43 Å². The summed E-state index contributed by atoms with van der Waals surface area (Å²) in [5, 5.41) is 12.5. The average molecular weight is 236 g/mol. The zero-order valence-electron chi connectivity index (χ0n) is 9.21. The summed E-state index contributed by atoms with van der Waals surface area (Å²) in [7, 11) is 0. The molecule has 0 spiro atoms. The van der Waals surface area contributed by atoms with Crippen molar-refractivity contribution in [3.05, 3.63) is 35.4 Å². The molecular weight excluding hydrogens is 224 g/mol. The van der Waals surface area contributed by atoms with Gasteiger partial charge >= 0.3 is 12.1 Å². The van der Waals surface area contributed by atoms with Gasteiger partial charge in [-0.25, -0.2) is 15.0 Å². The lowest BCUT2D eigenvalue weighted by Crippen LogP contribution is -2.18. The lowest BCUT2D eigenvalue weighted by molar-refractivity contribution is 0.0696. The molecule has 0 fully saturated rings. The van der Waals surface area contributed by atoms with E-state index in [2.05, 4.69) is 15.3 Å². The van der Waals surface area contributed by atoms with Crippen molar-refractivity contribution >= 4 is 18.3 Å². The third-order valence-corrected chi connectivity index (χ3v) is 1.83.